The van der Waals surface area contributed by atoms with Crippen LogP contribution in [0.1, 0.15) is 16.2 Å². The van der Waals surface area contributed by atoms with E-state index in [1.165, 1.54) is 23.8 Å². The summed E-state index contributed by atoms with van der Waals surface area (Å²) in [5, 5.41) is 13.6. The van der Waals surface area contributed by atoms with Gasteiger partial charge in [0.2, 0.25) is 0 Å². The third kappa shape index (κ3) is 2.92. The standard InChI is InChI=1S/C18H14N4O3S/c19-8-14-16(20-9-25-14)17(24)21-10-5-6-13(23)11(7-10)18-22-12-3-1-2-4-15(12)26-18/h1-7,9,23H,8,19H2,(H,21,24). The van der Waals surface area contributed by atoms with Crippen LogP contribution in [0.4, 0.5) is 5.69 Å². The van der Waals surface area contributed by atoms with Crippen molar-refractivity contribution in [2.45, 2.75) is 6.54 Å². The van der Waals surface area contributed by atoms with Crippen molar-refractivity contribution in [2.75, 3.05) is 5.32 Å². The molecular formula is C18H14N4O3S. The lowest BCUT2D eigenvalue weighted by atomic mass is 10.1. The Morgan fingerprint density at radius 1 is 1.27 bits per heavy atom. The summed E-state index contributed by atoms with van der Waals surface area (Å²) in [4.78, 5) is 20.8. The molecule has 0 saturated carbocycles. The number of carbonyl (C=O) groups is 1. The fourth-order valence-corrected chi connectivity index (χ4v) is 3.55. The zero-order chi connectivity index (χ0) is 18.1. The van der Waals surface area contributed by atoms with Gasteiger partial charge in [-0.1, -0.05) is 12.1 Å². The van der Waals surface area contributed by atoms with Crippen molar-refractivity contribution in [3.05, 3.63) is 60.3 Å². The number of phenolic OH excluding ortho intramolecular Hbond substituents is 1. The van der Waals surface area contributed by atoms with Gasteiger partial charge in [-0.05, 0) is 30.3 Å². The molecule has 2 heterocycles. The highest BCUT2D eigenvalue weighted by Gasteiger charge is 2.17. The van der Waals surface area contributed by atoms with E-state index in [2.05, 4.69) is 15.3 Å². The van der Waals surface area contributed by atoms with E-state index < -0.39 is 5.91 Å². The largest absolute Gasteiger partial charge is 0.507 e. The van der Waals surface area contributed by atoms with Crippen molar-refractivity contribution >= 4 is 33.1 Å². The van der Waals surface area contributed by atoms with E-state index in [4.69, 9.17) is 10.2 Å². The number of anilines is 1. The van der Waals surface area contributed by atoms with Gasteiger partial charge in [0, 0.05) is 5.69 Å². The van der Waals surface area contributed by atoms with Crippen LogP contribution in [0, 0.1) is 0 Å². The first-order chi connectivity index (χ1) is 12.7. The van der Waals surface area contributed by atoms with E-state index in [1.807, 2.05) is 24.3 Å². The van der Waals surface area contributed by atoms with E-state index in [9.17, 15) is 9.90 Å². The van der Waals surface area contributed by atoms with Crippen LogP contribution in [0.3, 0.4) is 0 Å². The van der Waals surface area contributed by atoms with Gasteiger partial charge in [0.15, 0.2) is 17.8 Å². The summed E-state index contributed by atoms with van der Waals surface area (Å²) in [7, 11) is 0. The topological polar surface area (TPSA) is 114 Å². The molecule has 4 rings (SSSR count). The highest BCUT2D eigenvalue weighted by atomic mass is 32.1. The molecular weight excluding hydrogens is 352 g/mol. The number of thiazole rings is 1. The monoisotopic (exact) mass is 366 g/mol. The zero-order valence-electron chi connectivity index (χ0n) is 13.5. The Hall–Kier alpha value is -3.23. The molecule has 0 radical (unpaired) electrons. The predicted molar refractivity (Wildman–Crippen MR) is 99.1 cm³/mol. The molecule has 4 aromatic rings. The third-order valence-electron chi connectivity index (χ3n) is 3.82. The molecule has 0 aliphatic carbocycles. The summed E-state index contributed by atoms with van der Waals surface area (Å²) < 4.78 is 6.09. The summed E-state index contributed by atoms with van der Waals surface area (Å²) in [5.74, 6) is -0.0287. The molecule has 8 heteroatoms. The van der Waals surface area contributed by atoms with Crippen molar-refractivity contribution in [2.24, 2.45) is 5.73 Å². The van der Waals surface area contributed by atoms with Gasteiger partial charge in [0.05, 0.1) is 22.3 Å². The molecule has 0 atom stereocenters. The maximum absolute atomic E-state index is 12.4. The van der Waals surface area contributed by atoms with Gasteiger partial charge in [0.1, 0.15) is 10.8 Å². The number of hydrogen-bond donors (Lipinski definition) is 3. The molecule has 1 amide bonds. The number of rotatable bonds is 4. The first-order valence-electron chi connectivity index (χ1n) is 7.78. The molecule has 26 heavy (non-hydrogen) atoms. The van der Waals surface area contributed by atoms with Crippen molar-refractivity contribution in [3.63, 3.8) is 0 Å². The van der Waals surface area contributed by atoms with Crippen LogP contribution in [0.5, 0.6) is 5.75 Å². The lowest BCUT2D eigenvalue weighted by Gasteiger charge is -2.07. The van der Waals surface area contributed by atoms with Gasteiger partial charge < -0.3 is 20.6 Å². The number of benzene rings is 2. The number of nitrogens with one attached hydrogen (secondary N) is 1. The Labute approximate surface area is 152 Å². The number of aromatic hydroxyl groups is 1. The summed E-state index contributed by atoms with van der Waals surface area (Å²) in [6, 6.07) is 12.5. The Morgan fingerprint density at radius 3 is 2.92 bits per heavy atom. The Balaban J connectivity index is 1.67. The number of hydrogen-bond acceptors (Lipinski definition) is 7. The summed E-state index contributed by atoms with van der Waals surface area (Å²) in [5.41, 5.74) is 7.58. The normalized spacial score (nSPS) is 11.0. The molecule has 0 saturated heterocycles. The van der Waals surface area contributed by atoms with Crippen LogP contribution >= 0.6 is 11.3 Å². The van der Waals surface area contributed by atoms with Gasteiger partial charge in [-0.15, -0.1) is 11.3 Å². The average molecular weight is 366 g/mol. The fraction of sp³-hybridized carbons (Fsp3) is 0.0556. The van der Waals surface area contributed by atoms with Crippen molar-refractivity contribution in [1.29, 1.82) is 0 Å². The maximum Gasteiger partial charge on any atom is 0.277 e. The second kappa shape index (κ2) is 6.58. The molecule has 0 fully saturated rings. The number of fused-ring (bicyclic) bond motifs is 1. The van der Waals surface area contributed by atoms with Crippen molar-refractivity contribution in [3.8, 4) is 16.3 Å². The first-order valence-corrected chi connectivity index (χ1v) is 8.60. The average Bonchev–Trinajstić information content (AvgIpc) is 3.29. The molecule has 0 aliphatic heterocycles. The van der Waals surface area contributed by atoms with E-state index in [-0.39, 0.29) is 18.0 Å². The third-order valence-corrected chi connectivity index (χ3v) is 4.89. The lowest BCUT2D eigenvalue weighted by Crippen LogP contribution is -2.15. The molecule has 4 N–H and O–H groups in total. The molecule has 130 valence electrons. The van der Waals surface area contributed by atoms with Crippen LogP contribution in [-0.4, -0.2) is 21.0 Å². The van der Waals surface area contributed by atoms with Crippen LogP contribution in [-0.2, 0) is 6.54 Å². The quantitative estimate of drug-likeness (QED) is 0.477. The maximum atomic E-state index is 12.4. The number of nitrogens with two attached hydrogens (primary N) is 1. The molecule has 0 spiro atoms. The minimum absolute atomic E-state index is 0.0787. The smallest absolute Gasteiger partial charge is 0.277 e. The minimum atomic E-state index is -0.430. The highest BCUT2D eigenvalue weighted by Crippen LogP contribution is 2.36. The number of phenols is 1. The second-order valence-electron chi connectivity index (χ2n) is 5.50. The Kier molecular flexibility index (Phi) is 4.11. The molecule has 0 unspecified atom stereocenters. The summed E-state index contributed by atoms with van der Waals surface area (Å²) in [6.07, 6.45) is 1.18. The predicted octanol–water partition coefficient (Wildman–Crippen LogP) is 3.37. The van der Waals surface area contributed by atoms with E-state index in [0.717, 1.165) is 10.2 Å². The fourth-order valence-electron chi connectivity index (χ4n) is 2.56. The Bertz CT molecular complexity index is 1070. The molecule has 7 nitrogen and oxygen atoms in total. The number of oxazole rings is 1. The van der Waals surface area contributed by atoms with E-state index >= 15 is 0 Å². The Morgan fingerprint density at radius 2 is 2.12 bits per heavy atom. The summed E-state index contributed by atoms with van der Waals surface area (Å²) >= 11 is 1.47. The van der Waals surface area contributed by atoms with Gasteiger partial charge >= 0.3 is 0 Å². The van der Waals surface area contributed by atoms with Crippen LogP contribution in [0.2, 0.25) is 0 Å². The SMILES string of the molecule is NCc1ocnc1C(=O)Nc1ccc(O)c(-c2nc3ccccc3s2)c1. The zero-order valence-corrected chi connectivity index (χ0v) is 14.3. The van der Waals surface area contributed by atoms with Gasteiger partial charge in [-0.3, -0.25) is 4.79 Å². The van der Waals surface area contributed by atoms with Crippen LogP contribution < -0.4 is 11.1 Å². The number of amides is 1. The second-order valence-corrected chi connectivity index (χ2v) is 6.53. The first kappa shape index (κ1) is 16.2. The van der Waals surface area contributed by atoms with Crippen LogP contribution in [0.25, 0.3) is 20.8 Å². The van der Waals surface area contributed by atoms with Crippen molar-refractivity contribution < 1.29 is 14.3 Å². The van der Waals surface area contributed by atoms with Crippen molar-refractivity contribution in [1.82, 2.24) is 9.97 Å². The number of carbonyl (C=O) groups excluding carboxylic acids is 1. The molecule has 0 bridgehead atoms. The van der Waals surface area contributed by atoms with Gasteiger partial charge in [0.25, 0.3) is 5.91 Å². The number of para-hydroxylation sites is 1. The minimum Gasteiger partial charge on any atom is -0.507 e. The molecule has 2 aromatic heterocycles. The highest BCUT2D eigenvalue weighted by molar-refractivity contribution is 7.21. The van der Waals surface area contributed by atoms with E-state index in [1.54, 1.807) is 12.1 Å². The van der Waals surface area contributed by atoms with E-state index in [0.29, 0.717) is 22.0 Å². The molecule has 0 aliphatic rings. The van der Waals surface area contributed by atoms with Gasteiger partial charge in [-0.25, -0.2) is 9.97 Å². The van der Waals surface area contributed by atoms with Gasteiger partial charge in [-0.2, -0.15) is 0 Å². The number of aromatic nitrogens is 2. The molecule has 2 aromatic carbocycles. The summed E-state index contributed by atoms with van der Waals surface area (Å²) in [6.45, 7) is 0.0787. The lowest BCUT2D eigenvalue weighted by molar-refractivity contribution is 0.102. The van der Waals surface area contributed by atoms with Crippen LogP contribution in [0.15, 0.2) is 53.3 Å². The number of nitrogens with zero attached hydrogens (tertiary/aromatic N) is 2.